The molecule has 0 aliphatic heterocycles. The average molecular weight is 316 g/mol. The molecule has 3 aromatic rings. The standard InChI is InChI=1S/C21H20N2O/c22-18-11-13-19(14-12-18)23-20(16-7-3-1-4-8-16)15-21(24)17-9-5-2-6-10-17/h1-14,20,23H,15,22H2. The Morgan fingerprint density at radius 1 is 0.833 bits per heavy atom. The Morgan fingerprint density at radius 2 is 1.42 bits per heavy atom. The Bertz CT molecular complexity index is 783. The SMILES string of the molecule is Nc1ccc(NC(CC(=O)c2ccccc2)c2ccccc2)cc1. The van der Waals surface area contributed by atoms with E-state index in [1.165, 1.54) is 0 Å². The van der Waals surface area contributed by atoms with E-state index >= 15 is 0 Å². The molecular formula is C21H20N2O. The Morgan fingerprint density at radius 3 is 2.04 bits per heavy atom. The van der Waals surface area contributed by atoms with E-state index in [9.17, 15) is 4.79 Å². The summed E-state index contributed by atoms with van der Waals surface area (Å²) in [4.78, 5) is 12.6. The molecule has 3 heteroatoms. The van der Waals surface area contributed by atoms with Crippen molar-refractivity contribution in [3.63, 3.8) is 0 Å². The molecule has 0 radical (unpaired) electrons. The van der Waals surface area contributed by atoms with Crippen molar-refractivity contribution in [1.29, 1.82) is 0 Å². The number of nitrogens with one attached hydrogen (secondary N) is 1. The van der Waals surface area contributed by atoms with Gasteiger partial charge in [-0.1, -0.05) is 60.7 Å². The van der Waals surface area contributed by atoms with Crippen molar-refractivity contribution in [3.05, 3.63) is 96.1 Å². The maximum absolute atomic E-state index is 12.6. The first kappa shape index (κ1) is 15.8. The molecule has 0 saturated heterocycles. The minimum absolute atomic E-state index is 0.0949. The van der Waals surface area contributed by atoms with E-state index in [0.29, 0.717) is 6.42 Å². The maximum Gasteiger partial charge on any atom is 0.165 e. The smallest absolute Gasteiger partial charge is 0.165 e. The van der Waals surface area contributed by atoms with Gasteiger partial charge in [0.2, 0.25) is 0 Å². The normalized spacial score (nSPS) is 11.7. The molecule has 0 saturated carbocycles. The molecule has 0 heterocycles. The molecule has 0 aliphatic rings. The molecule has 3 aromatic carbocycles. The van der Waals surface area contributed by atoms with Gasteiger partial charge in [0.1, 0.15) is 0 Å². The first-order chi connectivity index (χ1) is 11.7. The van der Waals surface area contributed by atoms with Crippen molar-refractivity contribution >= 4 is 17.2 Å². The van der Waals surface area contributed by atoms with Gasteiger partial charge in [-0.05, 0) is 29.8 Å². The topological polar surface area (TPSA) is 55.1 Å². The summed E-state index contributed by atoms with van der Waals surface area (Å²) in [6, 6.07) is 26.9. The minimum atomic E-state index is -0.0949. The number of anilines is 2. The Labute approximate surface area is 142 Å². The van der Waals surface area contributed by atoms with Crippen LogP contribution in [0.1, 0.15) is 28.4 Å². The molecule has 1 unspecified atom stereocenters. The van der Waals surface area contributed by atoms with E-state index in [2.05, 4.69) is 5.32 Å². The second kappa shape index (κ2) is 7.47. The molecule has 0 fully saturated rings. The number of benzene rings is 3. The fourth-order valence-corrected chi connectivity index (χ4v) is 2.65. The molecule has 0 bridgehead atoms. The Balaban J connectivity index is 1.82. The van der Waals surface area contributed by atoms with Gasteiger partial charge in [-0.25, -0.2) is 0 Å². The molecule has 0 aliphatic carbocycles. The van der Waals surface area contributed by atoms with Gasteiger partial charge in [-0.3, -0.25) is 4.79 Å². The van der Waals surface area contributed by atoms with Gasteiger partial charge in [0.15, 0.2) is 5.78 Å². The third-order valence-electron chi connectivity index (χ3n) is 3.94. The van der Waals surface area contributed by atoms with Crippen LogP contribution in [-0.2, 0) is 0 Å². The molecule has 120 valence electrons. The number of rotatable bonds is 6. The van der Waals surface area contributed by atoms with Crippen LogP contribution in [0.5, 0.6) is 0 Å². The van der Waals surface area contributed by atoms with Gasteiger partial charge in [0.05, 0.1) is 6.04 Å². The van der Waals surface area contributed by atoms with Crippen LogP contribution in [0.15, 0.2) is 84.9 Å². The monoisotopic (exact) mass is 316 g/mol. The number of ketones is 1. The van der Waals surface area contributed by atoms with Gasteiger partial charge in [0.25, 0.3) is 0 Å². The van der Waals surface area contributed by atoms with E-state index in [1.807, 2.05) is 84.9 Å². The lowest BCUT2D eigenvalue weighted by Crippen LogP contribution is -2.15. The summed E-state index contributed by atoms with van der Waals surface area (Å²) in [5.74, 6) is 0.118. The van der Waals surface area contributed by atoms with Crippen LogP contribution in [0, 0.1) is 0 Å². The van der Waals surface area contributed by atoms with Crippen LogP contribution in [0.3, 0.4) is 0 Å². The van der Waals surface area contributed by atoms with Crippen LogP contribution in [0.4, 0.5) is 11.4 Å². The fraction of sp³-hybridized carbons (Fsp3) is 0.0952. The van der Waals surface area contributed by atoms with Crippen LogP contribution in [-0.4, -0.2) is 5.78 Å². The van der Waals surface area contributed by atoms with E-state index in [-0.39, 0.29) is 11.8 Å². The van der Waals surface area contributed by atoms with Gasteiger partial charge in [-0.2, -0.15) is 0 Å². The summed E-state index contributed by atoms with van der Waals surface area (Å²) in [7, 11) is 0. The second-order valence-corrected chi connectivity index (χ2v) is 5.72. The number of nitrogen functional groups attached to an aromatic ring is 1. The second-order valence-electron chi connectivity index (χ2n) is 5.72. The average Bonchev–Trinajstić information content (AvgIpc) is 2.64. The van der Waals surface area contributed by atoms with Crippen LogP contribution in [0.25, 0.3) is 0 Å². The quantitative estimate of drug-likeness (QED) is 0.512. The fourth-order valence-electron chi connectivity index (χ4n) is 2.65. The molecule has 3 rings (SSSR count). The number of carbonyl (C=O) groups is 1. The molecule has 0 aromatic heterocycles. The molecule has 1 atom stereocenters. The van der Waals surface area contributed by atoms with Crippen molar-refractivity contribution in [2.45, 2.75) is 12.5 Å². The summed E-state index contributed by atoms with van der Waals surface area (Å²) in [5, 5.41) is 3.45. The highest BCUT2D eigenvalue weighted by Crippen LogP contribution is 2.25. The zero-order valence-electron chi connectivity index (χ0n) is 13.4. The molecule has 0 spiro atoms. The molecule has 3 nitrogen and oxygen atoms in total. The summed E-state index contributed by atoms with van der Waals surface area (Å²) in [5.41, 5.74) is 9.22. The largest absolute Gasteiger partial charge is 0.399 e. The molecule has 3 N–H and O–H groups in total. The van der Waals surface area contributed by atoms with Gasteiger partial charge >= 0.3 is 0 Å². The third-order valence-corrected chi connectivity index (χ3v) is 3.94. The number of hydrogen-bond acceptors (Lipinski definition) is 3. The Hall–Kier alpha value is -3.07. The highest BCUT2D eigenvalue weighted by Gasteiger charge is 2.17. The highest BCUT2D eigenvalue weighted by atomic mass is 16.1. The van der Waals surface area contributed by atoms with Crippen LogP contribution < -0.4 is 11.1 Å². The van der Waals surface area contributed by atoms with Gasteiger partial charge in [-0.15, -0.1) is 0 Å². The molecular weight excluding hydrogens is 296 g/mol. The van der Waals surface area contributed by atoms with Gasteiger partial charge < -0.3 is 11.1 Å². The molecule has 0 amide bonds. The summed E-state index contributed by atoms with van der Waals surface area (Å²) < 4.78 is 0. The zero-order valence-corrected chi connectivity index (χ0v) is 13.4. The minimum Gasteiger partial charge on any atom is -0.399 e. The van der Waals surface area contributed by atoms with Crippen LogP contribution >= 0.6 is 0 Å². The number of Topliss-reactive ketones (excluding diaryl/α,β-unsaturated/α-hetero) is 1. The predicted molar refractivity (Wildman–Crippen MR) is 99.0 cm³/mol. The summed E-state index contributed by atoms with van der Waals surface area (Å²) in [6.45, 7) is 0. The van der Waals surface area contributed by atoms with E-state index < -0.39 is 0 Å². The predicted octanol–water partition coefficient (Wildman–Crippen LogP) is 4.70. The third kappa shape index (κ3) is 4.02. The van der Waals surface area contributed by atoms with E-state index in [0.717, 1.165) is 22.5 Å². The van der Waals surface area contributed by atoms with Crippen molar-refractivity contribution in [2.24, 2.45) is 0 Å². The highest BCUT2D eigenvalue weighted by molar-refractivity contribution is 5.96. The number of nitrogens with two attached hydrogens (primary N) is 1. The van der Waals surface area contributed by atoms with Crippen molar-refractivity contribution in [3.8, 4) is 0 Å². The van der Waals surface area contributed by atoms with E-state index in [1.54, 1.807) is 0 Å². The Kier molecular flexibility index (Phi) is 4.92. The van der Waals surface area contributed by atoms with Crippen molar-refractivity contribution in [2.75, 3.05) is 11.1 Å². The van der Waals surface area contributed by atoms with Crippen LogP contribution in [0.2, 0.25) is 0 Å². The lowest BCUT2D eigenvalue weighted by molar-refractivity contribution is 0.0976. The van der Waals surface area contributed by atoms with Crippen molar-refractivity contribution < 1.29 is 4.79 Å². The maximum atomic E-state index is 12.6. The van der Waals surface area contributed by atoms with Crippen molar-refractivity contribution in [1.82, 2.24) is 0 Å². The number of hydrogen-bond donors (Lipinski definition) is 2. The summed E-state index contributed by atoms with van der Waals surface area (Å²) >= 11 is 0. The first-order valence-electron chi connectivity index (χ1n) is 7.97. The van der Waals surface area contributed by atoms with E-state index in [4.69, 9.17) is 5.73 Å². The lowest BCUT2D eigenvalue weighted by Gasteiger charge is -2.20. The molecule has 24 heavy (non-hydrogen) atoms. The van der Waals surface area contributed by atoms with Gasteiger partial charge in [0, 0.05) is 23.4 Å². The first-order valence-corrected chi connectivity index (χ1v) is 7.97. The lowest BCUT2D eigenvalue weighted by atomic mass is 9.97. The summed E-state index contributed by atoms with van der Waals surface area (Å²) in [6.07, 6.45) is 0.387. The number of carbonyl (C=O) groups excluding carboxylic acids is 1. The zero-order chi connectivity index (χ0) is 16.8.